The predicted octanol–water partition coefficient (Wildman–Crippen LogP) is 1.49. The van der Waals surface area contributed by atoms with Crippen molar-refractivity contribution < 1.29 is 9.59 Å². The Morgan fingerprint density at radius 2 is 2.11 bits per heavy atom. The van der Waals surface area contributed by atoms with Crippen molar-refractivity contribution in [1.29, 1.82) is 0 Å². The molecule has 2 rings (SSSR count). The van der Waals surface area contributed by atoms with Crippen molar-refractivity contribution in [3.05, 3.63) is 35.9 Å². The van der Waals surface area contributed by atoms with Crippen molar-refractivity contribution >= 4 is 11.8 Å². The van der Waals surface area contributed by atoms with Gasteiger partial charge in [-0.1, -0.05) is 30.3 Å². The number of hydrogen-bond donors (Lipinski definition) is 1. The number of carbonyl (C=O) groups is 2. The Morgan fingerprint density at radius 1 is 1.39 bits per heavy atom. The zero-order valence-electron chi connectivity index (χ0n) is 10.6. The van der Waals surface area contributed by atoms with Crippen LogP contribution in [0.2, 0.25) is 0 Å². The smallest absolute Gasteiger partial charge is 0.240 e. The molecule has 4 heteroatoms. The summed E-state index contributed by atoms with van der Waals surface area (Å²) in [5.41, 5.74) is 1.07. The first-order chi connectivity index (χ1) is 8.66. The summed E-state index contributed by atoms with van der Waals surface area (Å²) >= 11 is 0. The first-order valence-corrected chi connectivity index (χ1v) is 6.29. The number of amides is 2. The van der Waals surface area contributed by atoms with Gasteiger partial charge in [0, 0.05) is 13.0 Å². The fourth-order valence-electron chi connectivity index (χ4n) is 2.16. The summed E-state index contributed by atoms with van der Waals surface area (Å²) in [4.78, 5) is 24.9. The van der Waals surface area contributed by atoms with Gasteiger partial charge in [0.05, 0.1) is 12.6 Å². The highest BCUT2D eigenvalue weighted by atomic mass is 16.2. The molecule has 1 aromatic rings. The van der Waals surface area contributed by atoms with E-state index < -0.39 is 0 Å². The molecule has 1 aliphatic heterocycles. The van der Waals surface area contributed by atoms with E-state index >= 15 is 0 Å². The Morgan fingerprint density at radius 3 is 2.72 bits per heavy atom. The Balaban J connectivity index is 1.86. The molecule has 0 saturated carbocycles. The number of nitrogens with one attached hydrogen (secondary N) is 1. The highest BCUT2D eigenvalue weighted by molar-refractivity contribution is 5.86. The van der Waals surface area contributed by atoms with Crippen LogP contribution in [0.3, 0.4) is 0 Å². The molecule has 0 spiro atoms. The third kappa shape index (κ3) is 3.09. The molecule has 1 heterocycles. The van der Waals surface area contributed by atoms with Crippen LogP contribution in [-0.2, 0) is 9.59 Å². The van der Waals surface area contributed by atoms with E-state index in [4.69, 9.17) is 0 Å². The molecule has 18 heavy (non-hydrogen) atoms. The van der Waals surface area contributed by atoms with Crippen LogP contribution in [0.5, 0.6) is 0 Å². The number of rotatable bonds is 4. The summed E-state index contributed by atoms with van der Waals surface area (Å²) in [7, 11) is 0. The molecule has 0 aliphatic carbocycles. The highest BCUT2D eigenvalue weighted by Gasteiger charge is 2.22. The van der Waals surface area contributed by atoms with Gasteiger partial charge >= 0.3 is 0 Å². The van der Waals surface area contributed by atoms with Crippen molar-refractivity contribution in [2.75, 3.05) is 13.1 Å². The molecule has 1 atom stereocenters. The minimum atomic E-state index is -0.0957. The van der Waals surface area contributed by atoms with Crippen LogP contribution in [0, 0.1) is 0 Å². The molecule has 0 aromatic heterocycles. The van der Waals surface area contributed by atoms with Gasteiger partial charge in [0.1, 0.15) is 0 Å². The Kier molecular flexibility index (Phi) is 3.97. The minimum absolute atomic E-state index is 0.0311. The van der Waals surface area contributed by atoms with Crippen LogP contribution in [0.15, 0.2) is 30.3 Å². The second-order valence-corrected chi connectivity index (χ2v) is 4.62. The van der Waals surface area contributed by atoms with Crippen LogP contribution >= 0.6 is 0 Å². The van der Waals surface area contributed by atoms with E-state index in [1.54, 1.807) is 4.90 Å². The lowest BCUT2D eigenvalue weighted by molar-refractivity contribution is -0.133. The summed E-state index contributed by atoms with van der Waals surface area (Å²) in [6.07, 6.45) is 1.43. The summed E-state index contributed by atoms with van der Waals surface area (Å²) < 4.78 is 0. The third-order valence-electron chi connectivity index (χ3n) is 3.18. The first kappa shape index (κ1) is 12.6. The molecule has 2 amide bonds. The molecule has 1 N–H and O–H groups in total. The fourth-order valence-corrected chi connectivity index (χ4v) is 2.16. The number of nitrogens with zero attached hydrogens (tertiary/aromatic N) is 1. The third-order valence-corrected chi connectivity index (χ3v) is 3.18. The van der Waals surface area contributed by atoms with Crippen LogP contribution in [-0.4, -0.2) is 29.8 Å². The van der Waals surface area contributed by atoms with E-state index in [2.05, 4.69) is 5.32 Å². The van der Waals surface area contributed by atoms with Crippen molar-refractivity contribution in [3.63, 3.8) is 0 Å². The molecule has 0 radical (unpaired) electrons. The Labute approximate surface area is 107 Å². The average Bonchev–Trinajstić information content (AvgIpc) is 2.76. The van der Waals surface area contributed by atoms with E-state index in [0.717, 1.165) is 12.0 Å². The van der Waals surface area contributed by atoms with Gasteiger partial charge in [0.25, 0.3) is 0 Å². The number of hydrogen-bond acceptors (Lipinski definition) is 2. The van der Waals surface area contributed by atoms with Gasteiger partial charge in [-0.15, -0.1) is 0 Å². The van der Waals surface area contributed by atoms with Gasteiger partial charge in [0.2, 0.25) is 11.8 Å². The standard InChI is InChI=1S/C14H18N2O2/c1-11(12-6-3-2-4-7-12)15-13(17)10-16-9-5-8-14(16)18/h2-4,6-7,11H,5,8-10H2,1H3,(H,15,17). The lowest BCUT2D eigenvalue weighted by Crippen LogP contribution is -2.38. The zero-order chi connectivity index (χ0) is 13.0. The fraction of sp³-hybridized carbons (Fsp3) is 0.429. The topological polar surface area (TPSA) is 49.4 Å². The molecule has 0 bridgehead atoms. The SMILES string of the molecule is CC(NC(=O)CN1CCCC1=O)c1ccccc1. The van der Waals surface area contributed by atoms with Crippen LogP contribution in [0.25, 0.3) is 0 Å². The van der Waals surface area contributed by atoms with E-state index in [1.807, 2.05) is 37.3 Å². The molecule has 1 unspecified atom stereocenters. The monoisotopic (exact) mass is 246 g/mol. The van der Waals surface area contributed by atoms with Crippen LogP contribution in [0.4, 0.5) is 0 Å². The van der Waals surface area contributed by atoms with Crippen molar-refractivity contribution in [3.8, 4) is 0 Å². The summed E-state index contributed by atoms with van der Waals surface area (Å²) in [5.74, 6) is -0.0147. The molecule has 1 saturated heterocycles. The minimum Gasteiger partial charge on any atom is -0.348 e. The largest absolute Gasteiger partial charge is 0.348 e. The molecule has 96 valence electrons. The van der Waals surface area contributed by atoms with Crippen LogP contribution in [0.1, 0.15) is 31.4 Å². The van der Waals surface area contributed by atoms with Crippen molar-refractivity contribution in [1.82, 2.24) is 10.2 Å². The van der Waals surface area contributed by atoms with Gasteiger partial charge < -0.3 is 10.2 Å². The lowest BCUT2D eigenvalue weighted by atomic mass is 10.1. The molecular weight excluding hydrogens is 228 g/mol. The van der Waals surface area contributed by atoms with Gasteiger partial charge in [-0.2, -0.15) is 0 Å². The van der Waals surface area contributed by atoms with Crippen LogP contribution < -0.4 is 5.32 Å². The maximum absolute atomic E-state index is 11.8. The van der Waals surface area contributed by atoms with E-state index in [0.29, 0.717) is 13.0 Å². The molecule has 1 fully saturated rings. The van der Waals surface area contributed by atoms with Gasteiger partial charge in [0.15, 0.2) is 0 Å². The average molecular weight is 246 g/mol. The van der Waals surface area contributed by atoms with Gasteiger partial charge in [-0.3, -0.25) is 9.59 Å². The quantitative estimate of drug-likeness (QED) is 0.875. The van der Waals surface area contributed by atoms with E-state index in [9.17, 15) is 9.59 Å². The summed E-state index contributed by atoms with van der Waals surface area (Å²) in [6.45, 7) is 2.82. The maximum Gasteiger partial charge on any atom is 0.240 e. The molecule has 4 nitrogen and oxygen atoms in total. The normalized spacial score (nSPS) is 16.7. The van der Waals surface area contributed by atoms with Gasteiger partial charge in [-0.25, -0.2) is 0 Å². The number of carbonyl (C=O) groups excluding carboxylic acids is 2. The Bertz CT molecular complexity index is 431. The zero-order valence-corrected chi connectivity index (χ0v) is 10.6. The first-order valence-electron chi connectivity index (χ1n) is 6.29. The van der Waals surface area contributed by atoms with E-state index in [-0.39, 0.29) is 24.4 Å². The predicted molar refractivity (Wildman–Crippen MR) is 68.8 cm³/mol. The highest BCUT2D eigenvalue weighted by Crippen LogP contribution is 2.12. The maximum atomic E-state index is 11.8. The second kappa shape index (κ2) is 5.67. The molecular formula is C14H18N2O2. The van der Waals surface area contributed by atoms with Crippen molar-refractivity contribution in [2.24, 2.45) is 0 Å². The second-order valence-electron chi connectivity index (χ2n) is 4.62. The Hall–Kier alpha value is -1.84. The van der Waals surface area contributed by atoms with Crippen molar-refractivity contribution in [2.45, 2.75) is 25.8 Å². The molecule has 1 aromatic carbocycles. The van der Waals surface area contributed by atoms with Gasteiger partial charge in [-0.05, 0) is 18.9 Å². The molecule has 1 aliphatic rings. The number of benzene rings is 1. The lowest BCUT2D eigenvalue weighted by Gasteiger charge is -2.18. The number of likely N-dealkylation sites (tertiary alicyclic amines) is 1. The summed E-state index contributed by atoms with van der Waals surface area (Å²) in [5, 5.41) is 2.91. The summed E-state index contributed by atoms with van der Waals surface area (Å²) in [6, 6.07) is 9.76. The van der Waals surface area contributed by atoms with E-state index in [1.165, 1.54) is 0 Å².